The Bertz CT molecular complexity index is 457. The monoisotopic (exact) mass is 247 g/mol. The molecule has 1 aliphatic carbocycles. The van der Waals surface area contributed by atoms with Crippen molar-refractivity contribution in [2.75, 3.05) is 0 Å². The van der Waals surface area contributed by atoms with E-state index in [4.69, 9.17) is 5.73 Å². The highest BCUT2D eigenvalue weighted by Gasteiger charge is 2.48. The summed E-state index contributed by atoms with van der Waals surface area (Å²) in [5.41, 5.74) is 4.10. The number of amides is 1. The van der Waals surface area contributed by atoms with Gasteiger partial charge in [0.05, 0.1) is 5.92 Å². The molecule has 96 valence electrons. The fourth-order valence-electron chi connectivity index (χ4n) is 2.64. The standard InChI is InChI=1S/C14H17NO3/c15-13(17)11-8-4-5-9-14(11,18)12(16)10-6-2-1-3-7-10/h1-3,6-7,11,18H,4-5,8-9H2,(H2,15,17). The first-order chi connectivity index (χ1) is 8.55. The number of hydrogen-bond donors (Lipinski definition) is 2. The molecule has 2 rings (SSSR count). The number of aliphatic hydroxyl groups is 1. The summed E-state index contributed by atoms with van der Waals surface area (Å²) in [6.07, 6.45) is 2.33. The summed E-state index contributed by atoms with van der Waals surface area (Å²) in [6.45, 7) is 0. The van der Waals surface area contributed by atoms with Crippen LogP contribution in [-0.4, -0.2) is 22.4 Å². The lowest BCUT2D eigenvalue weighted by Crippen LogP contribution is -2.52. The van der Waals surface area contributed by atoms with Crippen molar-refractivity contribution in [3.8, 4) is 0 Å². The molecule has 4 nitrogen and oxygen atoms in total. The number of carbonyl (C=O) groups excluding carboxylic acids is 2. The first-order valence-corrected chi connectivity index (χ1v) is 6.17. The zero-order valence-corrected chi connectivity index (χ0v) is 10.1. The van der Waals surface area contributed by atoms with Crippen molar-refractivity contribution in [3.63, 3.8) is 0 Å². The molecule has 1 saturated carbocycles. The van der Waals surface area contributed by atoms with Crippen molar-refractivity contribution in [3.05, 3.63) is 35.9 Å². The van der Waals surface area contributed by atoms with E-state index in [-0.39, 0.29) is 0 Å². The lowest BCUT2D eigenvalue weighted by atomic mass is 9.71. The molecule has 0 aromatic heterocycles. The molecular weight excluding hydrogens is 230 g/mol. The van der Waals surface area contributed by atoms with Crippen molar-refractivity contribution in [2.45, 2.75) is 31.3 Å². The summed E-state index contributed by atoms with van der Waals surface area (Å²) in [6, 6.07) is 8.56. The van der Waals surface area contributed by atoms with E-state index in [0.29, 0.717) is 18.4 Å². The Morgan fingerprint density at radius 2 is 1.89 bits per heavy atom. The van der Waals surface area contributed by atoms with Gasteiger partial charge in [0.15, 0.2) is 5.78 Å². The smallest absolute Gasteiger partial charge is 0.223 e. The molecule has 1 aromatic rings. The van der Waals surface area contributed by atoms with Gasteiger partial charge in [0.25, 0.3) is 0 Å². The SMILES string of the molecule is NC(=O)C1CCCCC1(O)C(=O)c1ccccc1. The molecule has 0 bridgehead atoms. The van der Waals surface area contributed by atoms with E-state index < -0.39 is 23.2 Å². The number of ketones is 1. The highest BCUT2D eigenvalue weighted by atomic mass is 16.3. The second kappa shape index (κ2) is 4.90. The van der Waals surface area contributed by atoms with Gasteiger partial charge in [-0.15, -0.1) is 0 Å². The molecule has 0 aliphatic heterocycles. The van der Waals surface area contributed by atoms with Crippen LogP contribution < -0.4 is 5.73 Å². The Hall–Kier alpha value is -1.68. The Labute approximate surface area is 106 Å². The number of hydrogen-bond acceptors (Lipinski definition) is 3. The molecule has 2 atom stereocenters. The van der Waals surface area contributed by atoms with Gasteiger partial charge in [-0.3, -0.25) is 9.59 Å². The Balaban J connectivity index is 2.33. The van der Waals surface area contributed by atoms with Crippen molar-refractivity contribution < 1.29 is 14.7 Å². The van der Waals surface area contributed by atoms with Crippen LogP contribution in [-0.2, 0) is 4.79 Å². The van der Waals surface area contributed by atoms with Gasteiger partial charge < -0.3 is 10.8 Å². The zero-order chi connectivity index (χ0) is 13.2. The molecule has 4 heteroatoms. The Morgan fingerprint density at radius 1 is 1.22 bits per heavy atom. The first kappa shape index (κ1) is 12.8. The third kappa shape index (κ3) is 2.16. The van der Waals surface area contributed by atoms with Gasteiger partial charge in [-0.1, -0.05) is 43.2 Å². The van der Waals surface area contributed by atoms with Gasteiger partial charge in [0.2, 0.25) is 5.91 Å². The number of benzene rings is 1. The molecule has 1 amide bonds. The van der Waals surface area contributed by atoms with E-state index in [1.54, 1.807) is 30.3 Å². The minimum absolute atomic E-state index is 0.300. The maximum atomic E-state index is 12.4. The lowest BCUT2D eigenvalue weighted by molar-refractivity contribution is -0.131. The summed E-state index contributed by atoms with van der Waals surface area (Å²) in [5.74, 6) is -1.77. The van der Waals surface area contributed by atoms with Crippen molar-refractivity contribution in [1.82, 2.24) is 0 Å². The maximum absolute atomic E-state index is 12.4. The number of nitrogens with two attached hydrogens (primary N) is 1. The van der Waals surface area contributed by atoms with Crippen LogP contribution in [0.1, 0.15) is 36.0 Å². The van der Waals surface area contributed by atoms with E-state index >= 15 is 0 Å². The van der Waals surface area contributed by atoms with E-state index in [2.05, 4.69) is 0 Å². The normalized spacial score (nSPS) is 27.7. The summed E-state index contributed by atoms with van der Waals surface area (Å²) >= 11 is 0. The summed E-state index contributed by atoms with van der Waals surface area (Å²) in [7, 11) is 0. The van der Waals surface area contributed by atoms with Crippen molar-refractivity contribution in [2.24, 2.45) is 11.7 Å². The van der Waals surface area contributed by atoms with Crippen LogP contribution in [0.4, 0.5) is 0 Å². The fourth-order valence-corrected chi connectivity index (χ4v) is 2.64. The van der Waals surface area contributed by atoms with Crippen LogP contribution in [0.25, 0.3) is 0 Å². The van der Waals surface area contributed by atoms with Crippen LogP contribution in [0.5, 0.6) is 0 Å². The average Bonchev–Trinajstić information content (AvgIpc) is 2.39. The maximum Gasteiger partial charge on any atom is 0.223 e. The molecule has 0 heterocycles. The second-order valence-electron chi connectivity index (χ2n) is 4.82. The molecule has 1 aromatic carbocycles. The van der Waals surface area contributed by atoms with E-state index in [0.717, 1.165) is 12.8 Å². The highest BCUT2D eigenvalue weighted by molar-refractivity contribution is 6.05. The molecule has 0 radical (unpaired) electrons. The van der Waals surface area contributed by atoms with E-state index in [1.807, 2.05) is 0 Å². The van der Waals surface area contributed by atoms with Crippen molar-refractivity contribution in [1.29, 1.82) is 0 Å². The molecular formula is C14H17NO3. The largest absolute Gasteiger partial charge is 0.381 e. The molecule has 0 spiro atoms. The van der Waals surface area contributed by atoms with Crippen LogP contribution >= 0.6 is 0 Å². The van der Waals surface area contributed by atoms with Crippen LogP contribution in [0.2, 0.25) is 0 Å². The van der Waals surface area contributed by atoms with E-state index in [9.17, 15) is 14.7 Å². The first-order valence-electron chi connectivity index (χ1n) is 6.17. The Kier molecular flexibility index (Phi) is 3.48. The van der Waals surface area contributed by atoms with Crippen molar-refractivity contribution >= 4 is 11.7 Å². The number of primary amides is 1. The quantitative estimate of drug-likeness (QED) is 0.789. The third-order valence-corrected chi connectivity index (χ3v) is 3.65. The lowest BCUT2D eigenvalue weighted by Gasteiger charge is -2.36. The van der Waals surface area contributed by atoms with Crippen LogP contribution in [0.15, 0.2) is 30.3 Å². The number of rotatable bonds is 3. The fraction of sp³-hybridized carbons (Fsp3) is 0.429. The molecule has 0 saturated heterocycles. The van der Waals surface area contributed by atoms with Crippen LogP contribution in [0, 0.1) is 5.92 Å². The van der Waals surface area contributed by atoms with Crippen LogP contribution in [0.3, 0.4) is 0 Å². The Morgan fingerprint density at radius 3 is 2.50 bits per heavy atom. The molecule has 2 unspecified atom stereocenters. The predicted octanol–water partition coefficient (Wildman–Crippen LogP) is 1.28. The number of Topliss-reactive ketones (excluding diaryl/α,β-unsaturated/α-hetero) is 1. The summed E-state index contributed by atoms with van der Waals surface area (Å²) < 4.78 is 0. The van der Waals surface area contributed by atoms with Gasteiger partial charge in [-0.05, 0) is 12.8 Å². The van der Waals surface area contributed by atoms with Gasteiger partial charge in [0.1, 0.15) is 5.60 Å². The zero-order valence-electron chi connectivity index (χ0n) is 10.1. The summed E-state index contributed by atoms with van der Waals surface area (Å²) in [5, 5.41) is 10.6. The molecule has 18 heavy (non-hydrogen) atoms. The van der Waals surface area contributed by atoms with Gasteiger partial charge >= 0.3 is 0 Å². The number of carbonyl (C=O) groups is 2. The van der Waals surface area contributed by atoms with Gasteiger partial charge in [-0.2, -0.15) is 0 Å². The predicted molar refractivity (Wildman–Crippen MR) is 66.9 cm³/mol. The molecule has 3 N–H and O–H groups in total. The highest BCUT2D eigenvalue weighted by Crippen LogP contribution is 2.36. The molecule has 1 aliphatic rings. The third-order valence-electron chi connectivity index (χ3n) is 3.65. The van der Waals surface area contributed by atoms with E-state index in [1.165, 1.54) is 0 Å². The topological polar surface area (TPSA) is 80.4 Å². The minimum atomic E-state index is -1.63. The average molecular weight is 247 g/mol. The second-order valence-corrected chi connectivity index (χ2v) is 4.82. The van der Waals surface area contributed by atoms with Gasteiger partial charge in [-0.25, -0.2) is 0 Å². The van der Waals surface area contributed by atoms with Gasteiger partial charge in [0, 0.05) is 5.56 Å². The summed E-state index contributed by atoms with van der Waals surface area (Å²) in [4.78, 5) is 23.8. The molecule has 1 fully saturated rings. The minimum Gasteiger partial charge on any atom is -0.381 e.